The van der Waals surface area contributed by atoms with Crippen molar-refractivity contribution in [2.75, 3.05) is 26.2 Å². The molecule has 30 heavy (non-hydrogen) atoms. The molecule has 1 saturated carbocycles. The number of hydrogen-bond acceptors (Lipinski definition) is 3. The molecule has 2 atom stereocenters. The lowest BCUT2D eigenvalue weighted by Gasteiger charge is -2.38. The third kappa shape index (κ3) is 4.43. The van der Waals surface area contributed by atoms with Gasteiger partial charge in [0, 0.05) is 32.1 Å². The molecule has 5 nitrogen and oxygen atoms in total. The van der Waals surface area contributed by atoms with Gasteiger partial charge in [-0.15, -0.1) is 0 Å². The van der Waals surface area contributed by atoms with E-state index in [1.54, 1.807) is 0 Å². The Morgan fingerprint density at radius 3 is 2.20 bits per heavy atom. The fraction of sp³-hybridized carbons (Fsp3) is 0.611. The number of piperazine rings is 1. The smallest absolute Gasteiger partial charge is 0.340 e. The van der Waals surface area contributed by atoms with E-state index in [-0.39, 0.29) is 45.4 Å². The van der Waals surface area contributed by atoms with E-state index in [2.05, 4.69) is 0 Å². The molecule has 168 valence electrons. The lowest BCUT2D eigenvalue weighted by Crippen LogP contribution is -2.52. The minimum atomic E-state index is -4.47. The van der Waals surface area contributed by atoms with Gasteiger partial charge >= 0.3 is 6.18 Å². The van der Waals surface area contributed by atoms with Crippen molar-refractivity contribution in [3.63, 3.8) is 0 Å². The van der Waals surface area contributed by atoms with Gasteiger partial charge in [-0.2, -0.15) is 17.5 Å². The fourth-order valence-electron chi connectivity index (χ4n) is 3.96. The minimum Gasteiger partial charge on any atom is -0.340 e. The highest BCUT2D eigenvalue weighted by Crippen LogP contribution is 2.40. The van der Waals surface area contributed by atoms with E-state index < -0.39 is 56.3 Å². The topological polar surface area (TPSA) is 57.7 Å². The molecule has 2 aliphatic rings. The van der Waals surface area contributed by atoms with Gasteiger partial charge in [0.1, 0.15) is 4.90 Å². The molecule has 1 heterocycles. The average Bonchev–Trinajstić information content (AvgIpc) is 2.71. The summed E-state index contributed by atoms with van der Waals surface area (Å²) >= 11 is 0. The van der Waals surface area contributed by atoms with E-state index in [9.17, 15) is 39.6 Å². The Kier molecular flexibility index (Phi) is 6.38. The van der Waals surface area contributed by atoms with Crippen LogP contribution >= 0.6 is 0 Å². The number of sulfonamides is 1. The van der Waals surface area contributed by atoms with Crippen molar-refractivity contribution < 1.29 is 39.6 Å². The summed E-state index contributed by atoms with van der Waals surface area (Å²) in [7, 11) is -4.47. The Bertz CT molecular complexity index is 913. The van der Waals surface area contributed by atoms with Crippen LogP contribution in [0.15, 0.2) is 17.0 Å². The molecule has 2 fully saturated rings. The first kappa shape index (κ1) is 22.9. The third-order valence-corrected chi connectivity index (χ3v) is 7.57. The zero-order valence-corrected chi connectivity index (χ0v) is 16.6. The Balaban J connectivity index is 1.66. The van der Waals surface area contributed by atoms with Crippen LogP contribution in [0.5, 0.6) is 0 Å². The predicted molar refractivity (Wildman–Crippen MR) is 93.2 cm³/mol. The molecule has 1 aliphatic carbocycles. The zero-order chi connectivity index (χ0) is 22.3. The van der Waals surface area contributed by atoms with E-state index in [0.29, 0.717) is 18.6 Å². The highest BCUT2D eigenvalue weighted by Gasteiger charge is 2.44. The molecule has 0 N–H and O–H groups in total. The molecule has 0 aromatic heterocycles. The summed E-state index contributed by atoms with van der Waals surface area (Å²) in [5.41, 5.74) is 0. The quantitative estimate of drug-likeness (QED) is 0.516. The average molecular weight is 458 g/mol. The third-order valence-electron chi connectivity index (χ3n) is 5.65. The molecule has 12 heteroatoms. The Labute approximate surface area is 169 Å². The van der Waals surface area contributed by atoms with Gasteiger partial charge in [-0.1, -0.05) is 6.42 Å². The molecule has 1 aromatic rings. The maximum Gasteiger partial charge on any atom is 0.391 e. The summed E-state index contributed by atoms with van der Waals surface area (Å²) in [5.74, 6) is -8.02. The second-order valence-electron chi connectivity index (χ2n) is 7.50. The number of carbonyl (C=O) groups excluding carboxylic acids is 1. The highest BCUT2D eigenvalue weighted by atomic mass is 32.2. The van der Waals surface area contributed by atoms with Crippen LogP contribution < -0.4 is 0 Å². The highest BCUT2D eigenvalue weighted by molar-refractivity contribution is 7.89. The van der Waals surface area contributed by atoms with Gasteiger partial charge in [0.2, 0.25) is 15.9 Å². The van der Waals surface area contributed by atoms with E-state index in [4.69, 9.17) is 0 Å². The largest absolute Gasteiger partial charge is 0.391 e. The van der Waals surface area contributed by atoms with Crippen LogP contribution in [-0.2, 0) is 14.8 Å². The van der Waals surface area contributed by atoms with Gasteiger partial charge in [-0.25, -0.2) is 21.6 Å². The monoisotopic (exact) mass is 458 g/mol. The molecular weight excluding hydrogens is 438 g/mol. The van der Waals surface area contributed by atoms with Crippen molar-refractivity contribution >= 4 is 15.9 Å². The van der Waals surface area contributed by atoms with Gasteiger partial charge in [-0.3, -0.25) is 4.79 Å². The van der Waals surface area contributed by atoms with Gasteiger partial charge < -0.3 is 4.90 Å². The fourth-order valence-corrected chi connectivity index (χ4v) is 5.44. The maximum atomic E-state index is 13.9. The first-order valence-electron chi connectivity index (χ1n) is 9.42. The van der Waals surface area contributed by atoms with Crippen LogP contribution in [0, 0.1) is 29.3 Å². The minimum absolute atomic E-state index is 0.0148. The van der Waals surface area contributed by atoms with Crippen LogP contribution in [-0.4, -0.2) is 55.9 Å². The van der Waals surface area contributed by atoms with Gasteiger partial charge in [0.15, 0.2) is 17.5 Å². The lowest BCUT2D eigenvalue weighted by molar-refractivity contribution is -0.187. The predicted octanol–water partition coefficient (Wildman–Crippen LogP) is 3.31. The second-order valence-corrected chi connectivity index (χ2v) is 9.41. The van der Waals surface area contributed by atoms with E-state index >= 15 is 0 Å². The van der Waals surface area contributed by atoms with E-state index in [0.717, 1.165) is 4.31 Å². The summed E-state index contributed by atoms with van der Waals surface area (Å²) in [4.78, 5) is 12.9. The first-order valence-corrected chi connectivity index (χ1v) is 10.9. The number of rotatable bonds is 3. The molecule has 1 saturated heterocycles. The van der Waals surface area contributed by atoms with E-state index in [1.165, 1.54) is 4.90 Å². The van der Waals surface area contributed by atoms with Crippen LogP contribution in [0.4, 0.5) is 26.3 Å². The zero-order valence-electron chi connectivity index (χ0n) is 15.8. The molecular formula is C18H20F6N2O3S. The van der Waals surface area contributed by atoms with Crippen LogP contribution in [0.1, 0.15) is 25.7 Å². The molecule has 0 bridgehead atoms. The van der Waals surface area contributed by atoms with Crippen molar-refractivity contribution in [2.24, 2.45) is 11.8 Å². The Hall–Kier alpha value is -1.82. The van der Waals surface area contributed by atoms with Gasteiger partial charge in [-0.05, 0) is 31.4 Å². The summed E-state index contributed by atoms with van der Waals surface area (Å²) in [5, 5.41) is 0. The summed E-state index contributed by atoms with van der Waals surface area (Å²) in [6, 6.07) is 1.13. The lowest BCUT2D eigenvalue weighted by atomic mass is 9.80. The Morgan fingerprint density at radius 2 is 1.60 bits per heavy atom. The van der Waals surface area contributed by atoms with Crippen molar-refractivity contribution in [3.8, 4) is 0 Å². The van der Waals surface area contributed by atoms with E-state index in [1.807, 2.05) is 0 Å². The Morgan fingerprint density at radius 1 is 0.967 bits per heavy atom. The molecule has 0 spiro atoms. The number of amides is 1. The summed E-state index contributed by atoms with van der Waals surface area (Å²) in [6.07, 6.45) is -4.05. The SMILES string of the molecule is O=C(C1CCCC(C(F)(F)F)C1)N1CCN(S(=O)(=O)c2ccc(F)c(F)c2F)CC1. The molecule has 1 aliphatic heterocycles. The molecule has 3 rings (SSSR count). The van der Waals surface area contributed by atoms with Crippen molar-refractivity contribution in [1.82, 2.24) is 9.21 Å². The van der Waals surface area contributed by atoms with Gasteiger partial charge in [0.25, 0.3) is 0 Å². The van der Waals surface area contributed by atoms with Gasteiger partial charge in [0.05, 0.1) is 5.92 Å². The van der Waals surface area contributed by atoms with Crippen molar-refractivity contribution in [2.45, 2.75) is 36.8 Å². The van der Waals surface area contributed by atoms with Crippen molar-refractivity contribution in [1.29, 1.82) is 0 Å². The summed E-state index contributed by atoms with van der Waals surface area (Å²) in [6.45, 7) is -0.642. The number of carbonyl (C=O) groups is 1. The van der Waals surface area contributed by atoms with Crippen LogP contribution in [0.25, 0.3) is 0 Å². The summed E-state index contributed by atoms with van der Waals surface area (Å²) < 4.78 is 105. The standard InChI is InChI=1S/C18H20F6N2O3S/c19-13-4-5-14(16(21)15(13)20)30(28,29)26-8-6-25(7-9-26)17(27)11-2-1-3-12(10-11)18(22,23)24/h4-5,11-12H,1-3,6-10H2. The first-order chi connectivity index (χ1) is 13.9. The molecule has 1 aromatic carbocycles. The molecule has 1 amide bonds. The number of nitrogens with zero attached hydrogens (tertiary/aromatic N) is 2. The van der Waals surface area contributed by atoms with Crippen molar-refractivity contribution in [3.05, 3.63) is 29.6 Å². The number of hydrogen-bond donors (Lipinski definition) is 0. The number of halogens is 6. The maximum absolute atomic E-state index is 13.9. The number of alkyl halides is 3. The molecule has 2 unspecified atom stereocenters. The number of benzene rings is 1. The van der Waals surface area contributed by atoms with Crippen LogP contribution in [0.2, 0.25) is 0 Å². The van der Waals surface area contributed by atoms with Crippen LogP contribution in [0.3, 0.4) is 0 Å². The second kappa shape index (κ2) is 8.37. The molecule has 0 radical (unpaired) electrons. The normalized spacial score (nSPS) is 24.1.